The van der Waals surface area contributed by atoms with Crippen molar-refractivity contribution in [3.05, 3.63) is 0 Å². The Bertz CT molecular complexity index is 413. The zero-order chi connectivity index (χ0) is 14.1. The second-order valence-corrected chi connectivity index (χ2v) is 8.25. The van der Waals surface area contributed by atoms with Crippen molar-refractivity contribution in [3.63, 3.8) is 0 Å². The molecule has 19 heavy (non-hydrogen) atoms. The minimum atomic E-state index is -0.232. The monoisotopic (exact) mass is 264 g/mol. The van der Waals surface area contributed by atoms with Gasteiger partial charge in [0.25, 0.3) is 0 Å². The summed E-state index contributed by atoms with van der Waals surface area (Å²) >= 11 is 0. The zero-order valence-corrected chi connectivity index (χ0v) is 13.1. The summed E-state index contributed by atoms with van der Waals surface area (Å²) in [7, 11) is 0. The van der Waals surface area contributed by atoms with Crippen molar-refractivity contribution in [2.45, 2.75) is 72.3 Å². The minimum absolute atomic E-state index is 0.112. The van der Waals surface area contributed by atoms with Crippen molar-refractivity contribution in [1.29, 1.82) is 0 Å². The topological polar surface area (TPSA) is 26.3 Å². The van der Waals surface area contributed by atoms with E-state index in [1.54, 1.807) is 6.92 Å². The van der Waals surface area contributed by atoms with Crippen molar-refractivity contribution in [3.8, 4) is 0 Å². The average Bonchev–Trinajstić information content (AvgIpc) is 2.69. The van der Waals surface area contributed by atoms with Crippen molar-refractivity contribution in [1.82, 2.24) is 0 Å². The van der Waals surface area contributed by atoms with E-state index in [9.17, 15) is 4.79 Å². The Morgan fingerprint density at radius 2 is 1.79 bits per heavy atom. The summed E-state index contributed by atoms with van der Waals surface area (Å²) in [6.07, 6.45) is 6.35. The van der Waals surface area contributed by atoms with E-state index in [-0.39, 0.29) is 11.6 Å². The van der Waals surface area contributed by atoms with Crippen LogP contribution in [-0.2, 0) is 9.53 Å². The summed E-state index contributed by atoms with van der Waals surface area (Å²) in [5, 5.41) is 0. The van der Waals surface area contributed by atoms with Crippen LogP contribution in [0.25, 0.3) is 0 Å². The molecule has 2 heteroatoms. The molecule has 0 N–H and O–H groups in total. The lowest BCUT2D eigenvalue weighted by molar-refractivity contribution is -0.171. The molecule has 0 amide bonds. The van der Waals surface area contributed by atoms with E-state index in [4.69, 9.17) is 4.74 Å². The number of ether oxygens (including phenoxy) is 1. The van der Waals surface area contributed by atoms with E-state index in [0.29, 0.717) is 16.7 Å². The van der Waals surface area contributed by atoms with Gasteiger partial charge in [-0.25, -0.2) is 0 Å². The van der Waals surface area contributed by atoms with Crippen molar-refractivity contribution < 1.29 is 9.53 Å². The van der Waals surface area contributed by atoms with E-state index in [0.717, 1.165) is 18.3 Å². The number of hydrogen-bond acceptors (Lipinski definition) is 2. The number of esters is 1. The van der Waals surface area contributed by atoms with Crippen molar-refractivity contribution >= 4 is 5.97 Å². The third-order valence-electron chi connectivity index (χ3n) is 7.15. The first-order valence-corrected chi connectivity index (χ1v) is 7.92. The van der Waals surface area contributed by atoms with Gasteiger partial charge < -0.3 is 4.74 Å². The Balaban J connectivity index is 1.99. The molecule has 2 nitrogen and oxygen atoms in total. The van der Waals surface area contributed by atoms with Gasteiger partial charge in [-0.05, 0) is 61.7 Å². The second-order valence-electron chi connectivity index (χ2n) is 8.25. The largest absolute Gasteiger partial charge is 0.459 e. The number of rotatable bonds is 1. The first-order chi connectivity index (χ1) is 8.72. The summed E-state index contributed by atoms with van der Waals surface area (Å²) in [5.41, 5.74) is 0.629. The van der Waals surface area contributed by atoms with Crippen molar-refractivity contribution in [2.24, 2.45) is 28.6 Å². The fourth-order valence-electron chi connectivity index (χ4n) is 6.31. The normalized spacial score (nSPS) is 50.9. The molecule has 0 unspecified atom stereocenters. The lowest BCUT2D eigenvalue weighted by atomic mass is 9.64. The Morgan fingerprint density at radius 1 is 1.11 bits per heavy atom. The van der Waals surface area contributed by atoms with E-state index >= 15 is 0 Å². The number of carbonyl (C=O) groups excluding carboxylic acids is 1. The fraction of sp³-hybridized carbons (Fsp3) is 0.941. The molecule has 3 aliphatic carbocycles. The standard InChI is InChI=1S/C17H28O2/c1-11-6-7-13-15(3,4)14-10-17(11,13)9-8-16(14,5)19-12(2)18/h11,13-14H,6-10H2,1-5H3/t11-,13+,14+,16-,17+/m0/s1. The van der Waals surface area contributed by atoms with Gasteiger partial charge in [-0.2, -0.15) is 0 Å². The smallest absolute Gasteiger partial charge is 0.303 e. The second kappa shape index (κ2) is 3.77. The van der Waals surface area contributed by atoms with Crippen LogP contribution in [0.15, 0.2) is 0 Å². The molecular formula is C17H28O2. The van der Waals surface area contributed by atoms with Crippen LogP contribution >= 0.6 is 0 Å². The Hall–Kier alpha value is -0.530. The minimum Gasteiger partial charge on any atom is -0.459 e. The van der Waals surface area contributed by atoms with Crippen LogP contribution < -0.4 is 0 Å². The van der Waals surface area contributed by atoms with E-state index < -0.39 is 0 Å². The quantitative estimate of drug-likeness (QED) is 0.664. The van der Waals surface area contributed by atoms with Gasteiger partial charge in [0.15, 0.2) is 0 Å². The van der Waals surface area contributed by atoms with Gasteiger partial charge >= 0.3 is 5.97 Å². The highest BCUT2D eigenvalue weighted by molar-refractivity contribution is 5.66. The highest BCUT2D eigenvalue weighted by Crippen LogP contribution is 2.73. The molecule has 0 aromatic rings. The Labute approximate surface area is 117 Å². The molecule has 3 fully saturated rings. The predicted molar refractivity (Wildman–Crippen MR) is 75.6 cm³/mol. The van der Waals surface area contributed by atoms with E-state index in [1.807, 2.05) is 0 Å². The lowest BCUT2D eigenvalue weighted by Gasteiger charge is -2.46. The Morgan fingerprint density at radius 3 is 2.42 bits per heavy atom. The molecule has 3 aliphatic rings. The summed E-state index contributed by atoms with van der Waals surface area (Å²) in [4.78, 5) is 11.5. The van der Waals surface area contributed by atoms with Crippen LogP contribution in [0.4, 0.5) is 0 Å². The molecule has 3 rings (SSSR count). The highest BCUT2D eigenvalue weighted by Gasteiger charge is 2.68. The van der Waals surface area contributed by atoms with Gasteiger partial charge in [0.2, 0.25) is 0 Å². The summed E-state index contributed by atoms with van der Waals surface area (Å²) in [6, 6.07) is 0. The SMILES string of the molecule is CC(=O)O[C@@]1(C)CC[C@]23C[C@@H]1C(C)(C)[C@H]2CC[C@@H]3C. The Kier molecular flexibility index (Phi) is 2.67. The molecular weight excluding hydrogens is 236 g/mol. The number of fused-ring (bicyclic) bond motifs is 1. The van der Waals surface area contributed by atoms with Crippen LogP contribution in [0.1, 0.15) is 66.7 Å². The molecule has 3 saturated carbocycles. The molecule has 108 valence electrons. The maximum Gasteiger partial charge on any atom is 0.303 e. The molecule has 1 spiro atoms. The molecule has 0 radical (unpaired) electrons. The van der Waals surface area contributed by atoms with Crippen molar-refractivity contribution in [2.75, 3.05) is 0 Å². The lowest BCUT2D eigenvalue weighted by Crippen LogP contribution is -2.47. The molecule has 0 heterocycles. The fourth-order valence-corrected chi connectivity index (χ4v) is 6.31. The average molecular weight is 264 g/mol. The van der Waals surface area contributed by atoms with Gasteiger partial charge in [-0.1, -0.05) is 20.8 Å². The van der Waals surface area contributed by atoms with Crippen LogP contribution in [0.5, 0.6) is 0 Å². The third-order valence-corrected chi connectivity index (χ3v) is 7.15. The molecule has 0 aromatic carbocycles. The van der Waals surface area contributed by atoms with Gasteiger partial charge in [0, 0.05) is 12.8 Å². The molecule has 0 aliphatic heterocycles. The first-order valence-electron chi connectivity index (χ1n) is 7.92. The number of carbonyl (C=O) groups is 1. The van der Waals surface area contributed by atoms with Crippen LogP contribution in [-0.4, -0.2) is 11.6 Å². The first kappa shape index (κ1) is 13.5. The molecule has 0 saturated heterocycles. The van der Waals surface area contributed by atoms with Gasteiger partial charge in [0.1, 0.15) is 5.60 Å². The number of hydrogen-bond donors (Lipinski definition) is 0. The maximum atomic E-state index is 11.5. The molecule has 0 aromatic heterocycles. The predicted octanol–water partition coefficient (Wildman–Crippen LogP) is 4.18. The zero-order valence-electron chi connectivity index (χ0n) is 13.1. The van der Waals surface area contributed by atoms with Crippen LogP contribution in [0.3, 0.4) is 0 Å². The van der Waals surface area contributed by atoms with Gasteiger partial charge in [-0.3, -0.25) is 4.79 Å². The molecule has 2 bridgehead atoms. The summed E-state index contributed by atoms with van der Waals surface area (Å²) < 4.78 is 5.80. The van der Waals surface area contributed by atoms with Crippen LogP contribution in [0.2, 0.25) is 0 Å². The highest BCUT2D eigenvalue weighted by atomic mass is 16.6. The maximum absolute atomic E-state index is 11.5. The van der Waals surface area contributed by atoms with E-state index in [2.05, 4.69) is 27.7 Å². The van der Waals surface area contributed by atoms with Gasteiger partial charge in [0.05, 0.1) is 0 Å². The third kappa shape index (κ3) is 1.58. The van der Waals surface area contributed by atoms with Gasteiger partial charge in [-0.15, -0.1) is 0 Å². The van der Waals surface area contributed by atoms with Crippen LogP contribution in [0, 0.1) is 28.6 Å². The molecule has 5 atom stereocenters. The summed E-state index contributed by atoms with van der Waals surface area (Å²) in [5.74, 6) is 2.10. The summed E-state index contributed by atoms with van der Waals surface area (Å²) in [6.45, 7) is 11.0. The van der Waals surface area contributed by atoms with E-state index in [1.165, 1.54) is 25.7 Å².